The first kappa shape index (κ1) is 9.13. The standard InChI is InChI=1S/C12H16N2/c1-4-10-7-9-8-11(14(2)3)5-6-12(9)13-10/h5-8,13H,4H2,1-3H3. The number of H-pyrrole nitrogens is 1. The summed E-state index contributed by atoms with van der Waals surface area (Å²) in [7, 11) is 4.13. The number of hydrogen-bond donors (Lipinski definition) is 1. The van der Waals surface area contributed by atoms with Gasteiger partial charge in [0.25, 0.3) is 0 Å². The average Bonchev–Trinajstić information content (AvgIpc) is 2.58. The highest BCUT2D eigenvalue weighted by Crippen LogP contribution is 2.21. The van der Waals surface area contributed by atoms with Crippen molar-refractivity contribution in [1.82, 2.24) is 4.98 Å². The molecule has 0 amide bonds. The van der Waals surface area contributed by atoms with Crippen LogP contribution in [0.3, 0.4) is 0 Å². The van der Waals surface area contributed by atoms with E-state index in [1.165, 1.54) is 22.3 Å². The molecule has 0 aliphatic carbocycles. The summed E-state index contributed by atoms with van der Waals surface area (Å²) in [5.41, 5.74) is 3.78. The zero-order chi connectivity index (χ0) is 10.1. The lowest BCUT2D eigenvalue weighted by Crippen LogP contribution is -2.07. The molecule has 0 spiro atoms. The van der Waals surface area contributed by atoms with Crippen LogP contribution in [0.2, 0.25) is 0 Å². The molecule has 0 aliphatic rings. The second-order valence-electron chi connectivity index (χ2n) is 3.81. The van der Waals surface area contributed by atoms with Crippen molar-refractivity contribution < 1.29 is 0 Å². The lowest BCUT2D eigenvalue weighted by Gasteiger charge is -2.11. The lowest BCUT2D eigenvalue weighted by molar-refractivity contribution is 1.07. The van der Waals surface area contributed by atoms with Gasteiger partial charge in [-0.1, -0.05) is 6.92 Å². The first-order valence-electron chi connectivity index (χ1n) is 4.99. The highest BCUT2D eigenvalue weighted by Gasteiger charge is 2.01. The van der Waals surface area contributed by atoms with Crippen LogP contribution < -0.4 is 4.90 Å². The van der Waals surface area contributed by atoms with Crippen LogP contribution in [0.4, 0.5) is 5.69 Å². The molecule has 0 saturated heterocycles. The van der Waals surface area contributed by atoms with Gasteiger partial charge in [0.1, 0.15) is 0 Å². The number of nitrogens with one attached hydrogen (secondary N) is 1. The van der Waals surface area contributed by atoms with Gasteiger partial charge in [-0.15, -0.1) is 0 Å². The van der Waals surface area contributed by atoms with Crippen LogP contribution in [0.1, 0.15) is 12.6 Å². The van der Waals surface area contributed by atoms with Crippen LogP contribution in [0, 0.1) is 0 Å². The molecule has 2 heteroatoms. The molecule has 0 saturated carbocycles. The van der Waals surface area contributed by atoms with Crippen LogP contribution in [0.5, 0.6) is 0 Å². The molecule has 1 N–H and O–H groups in total. The highest BCUT2D eigenvalue weighted by molar-refractivity contribution is 5.84. The smallest absolute Gasteiger partial charge is 0.0457 e. The van der Waals surface area contributed by atoms with E-state index in [4.69, 9.17) is 0 Å². The van der Waals surface area contributed by atoms with Gasteiger partial charge < -0.3 is 9.88 Å². The van der Waals surface area contributed by atoms with E-state index in [1.54, 1.807) is 0 Å². The maximum absolute atomic E-state index is 3.39. The Morgan fingerprint density at radius 1 is 1.21 bits per heavy atom. The first-order valence-corrected chi connectivity index (χ1v) is 4.99. The molecule has 14 heavy (non-hydrogen) atoms. The number of fused-ring (bicyclic) bond motifs is 1. The van der Waals surface area contributed by atoms with Gasteiger partial charge >= 0.3 is 0 Å². The fourth-order valence-electron chi connectivity index (χ4n) is 1.65. The summed E-state index contributed by atoms with van der Waals surface area (Å²) < 4.78 is 0. The SMILES string of the molecule is CCc1cc2cc(N(C)C)ccc2[nH]1. The van der Waals surface area contributed by atoms with Crippen LogP contribution in [0.25, 0.3) is 10.9 Å². The van der Waals surface area contributed by atoms with Gasteiger partial charge in [0.05, 0.1) is 0 Å². The summed E-state index contributed by atoms with van der Waals surface area (Å²) >= 11 is 0. The molecule has 1 aromatic carbocycles. The van der Waals surface area contributed by atoms with E-state index in [-0.39, 0.29) is 0 Å². The molecular formula is C12H16N2. The molecule has 2 nitrogen and oxygen atoms in total. The Labute approximate surface area is 84.5 Å². The number of rotatable bonds is 2. The average molecular weight is 188 g/mol. The van der Waals surface area contributed by atoms with E-state index in [9.17, 15) is 0 Å². The van der Waals surface area contributed by atoms with E-state index in [2.05, 4.69) is 55.2 Å². The first-order chi connectivity index (χ1) is 6.70. The third-order valence-electron chi connectivity index (χ3n) is 2.56. The van der Waals surface area contributed by atoms with E-state index >= 15 is 0 Å². The van der Waals surface area contributed by atoms with E-state index < -0.39 is 0 Å². The fraction of sp³-hybridized carbons (Fsp3) is 0.333. The molecule has 0 aliphatic heterocycles. The number of nitrogens with zero attached hydrogens (tertiary/aromatic N) is 1. The van der Waals surface area contributed by atoms with Gasteiger partial charge in [-0.2, -0.15) is 0 Å². The molecule has 0 fully saturated rings. The van der Waals surface area contributed by atoms with Gasteiger partial charge in [-0.25, -0.2) is 0 Å². The zero-order valence-electron chi connectivity index (χ0n) is 8.96. The van der Waals surface area contributed by atoms with Crippen molar-refractivity contribution in [2.24, 2.45) is 0 Å². The number of hydrogen-bond acceptors (Lipinski definition) is 1. The Kier molecular flexibility index (Phi) is 2.20. The summed E-state index contributed by atoms with van der Waals surface area (Å²) in [5.74, 6) is 0. The van der Waals surface area contributed by atoms with Crippen molar-refractivity contribution in [2.75, 3.05) is 19.0 Å². The summed E-state index contributed by atoms with van der Waals surface area (Å²) in [6, 6.07) is 8.72. The Morgan fingerprint density at radius 2 is 2.00 bits per heavy atom. The van der Waals surface area contributed by atoms with Gasteiger partial charge in [-0.3, -0.25) is 0 Å². The number of aromatic amines is 1. The van der Waals surface area contributed by atoms with Crippen LogP contribution >= 0.6 is 0 Å². The summed E-state index contributed by atoms with van der Waals surface area (Å²) in [4.78, 5) is 5.52. The van der Waals surface area contributed by atoms with E-state index in [0.29, 0.717) is 0 Å². The van der Waals surface area contributed by atoms with Crippen molar-refractivity contribution in [1.29, 1.82) is 0 Å². The van der Waals surface area contributed by atoms with Crippen molar-refractivity contribution in [3.8, 4) is 0 Å². The van der Waals surface area contributed by atoms with Crippen molar-refractivity contribution >= 4 is 16.6 Å². The highest BCUT2D eigenvalue weighted by atomic mass is 15.1. The number of aromatic nitrogens is 1. The Morgan fingerprint density at radius 3 is 2.64 bits per heavy atom. The molecular weight excluding hydrogens is 172 g/mol. The van der Waals surface area contributed by atoms with Crippen molar-refractivity contribution in [3.63, 3.8) is 0 Å². The lowest BCUT2D eigenvalue weighted by atomic mass is 10.2. The third-order valence-corrected chi connectivity index (χ3v) is 2.56. The second kappa shape index (κ2) is 3.37. The fourth-order valence-corrected chi connectivity index (χ4v) is 1.65. The molecule has 1 heterocycles. The normalized spacial score (nSPS) is 10.8. The minimum atomic E-state index is 1.06. The van der Waals surface area contributed by atoms with Crippen molar-refractivity contribution in [2.45, 2.75) is 13.3 Å². The third kappa shape index (κ3) is 1.48. The molecule has 0 radical (unpaired) electrons. The monoisotopic (exact) mass is 188 g/mol. The summed E-state index contributed by atoms with van der Waals surface area (Å²) in [6.07, 6.45) is 1.06. The Hall–Kier alpha value is -1.44. The van der Waals surface area contributed by atoms with Gasteiger partial charge in [0, 0.05) is 36.4 Å². The Bertz CT molecular complexity index is 441. The topological polar surface area (TPSA) is 19.0 Å². The molecule has 0 bridgehead atoms. The quantitative estimate of drug-likeness (QED) is 0.767. The van der Waals surface area contributed by atoms with Gasteiger partial charge in [0.15, 0.2) is 0 Å². The summed E-state index contributed by atoms with van der Waals surface area (Å²) in [5, 5.41) is 1.30. The van der Waals surface area contributed by atoms with Gasteiger partial charge in [0.2, 0.25) is 0 Å². The minimum absolute atomic E-state index is 1.06. The molecule has 74 valence electrons. The van der Waals surface area contributed by atoms with Crippen LogP contribution in [0.15, 0.2) is 24.3 Å². The number of anilines is 1. The van der Waals surface area contributed by atoms with Crippen LogP contribution in [-0.4, -0.2) is 19.1 Å². The molecule has 0 unspecified atom stereocenters. The molecule has 2 rings (SSSR count). The maximum atomic E-state index is 3.39. The molecule has 2 aromatic rings. The largest absolute Gasteiger partial charge is 0.378 e. The van der Waals surface area contributed by atoms with Crippen molar-refractivity contribution in [3.05, 3.63) is 30.0 Å². The molecule has 1 aromatic heterocycles. The minimum Gasteiger partial charge on any atom is -0.378 e. The predicted octanol–water partition coefficient (Wildman–Crippen LogP) is 2.80. The Balaban J connectivity index is 2.54. The number of benzene rings is 1. The van der Waals surface area contributed by atoms with Gasteiger partial charge in [-0.05, 0) is 30.7 Å². The van der Waals surface area contributed by atoms with E-state index in [1.807, 2.05) is 0 Å². The van der Waals surface area contributed by atoms with E-state index in [0.717, 1.165) is 6.42 Å². The summed E-state index contributed by atoms with van der Waals surface area (Å²) in [6.45, 7) is 2.16. The zero-order valence-corrected chi connectivity index (χ0v) is 8.96. The maximum Gasteiger partial charge on any atom is 0.0457 e. The molecule has 0 atom stereocenters. The van der Waals surface area contributed by atoms with Crippen LogP contribution in [-0.2, 0) is 6.42 Å². The number of aryl methyl sites for hydroxylation is 1. The predicted molar refractivity (Wildman–Crippen MR) is 62.0 cm³/mol. The second-order valence-corrected chi connectivity index (χ2v) is 3.81.